The van der Waals surface area contributed by atoms with Crippen LogP contribution >= 0.6 is 0 Å². The number of hydrogen-bond acceptors (Lipinski definition) is 3. The Morgan fingerprint density at radius 3 is 2.58 bits per heavy atom. The molecule has 0 aliphatic carbocycles. The van der Waals surface area contributed by atoms with E-state index in [9.17, 15) is 9.50 Å². The van der Waals surface area contributed by atoms with Gasteiger partial charge in [-0.05, 0) is 30.8 Å². The van der Waals surface area contributed by atoms with Gasteiger partial charge >= 0.3 is 0 Å². The molecule has 0 fully saturated rings. The van der Waals surface area contributed by atoms with Gasteiger partial charge in [-0.25, -0.2) is 4.39 Å². The standard InChI is InChI=1S/C15H16FNO2/c1-17-9-12-3-2-4-14(16)15(12)19-10-11-5-7-13(18)8-6-11/h2-8,17-18H,9-10H2,1H3. The van der Waals surface area contributed by atoms with Gasteiger partial charge in [-0.2, -0.15) is 0 Å². The van der Waals surface area contributed by atoms with Crippen LogP contribution in [0.3, 0.4) is 0 Å². The molecule has 0 bridgehead atoms. The lowest BCUT2D eigenvalue weighted by atomic mass is 10.2. The third kappa shape index (κ3) is 3.45. The first kappa shape index (κ1) is 13.4. The molecule has 2 N–H and O–H groups in total. The molecule has 0 unspecified atom stereocenters. The molecule has 2 aromatic rings. The first-order valence-corrected chi connectivity index (χ1v) is 6.03. The maximum Gasteiger partial charge on any atom is 0.165 e. The van der Waals surface area contributed by atoms with E-state index in [1.54, 1.807) is 37.4 Å². The molecule has 0 saturated heterocycles. The molecule has 0 amide bonds. The van der Waals surface area contributed by atoms with Gasteiger partial charge in [0.25, 0.3) is 0 Å². The molecule has 3 nitrogen and oxygen atoms in total. The van der Waals surface area contributed by atoms with E-state index in [2.05, 4.69) is 5.32 Å². The minimum absolute atomic E-state index is 0.200. The summed E-state index contributed by atoms with van der Waals surface area (Å²) in [6, 6.07) is 11.5. The second-order valence-electron chi connectivity index (χ2n) is 4.21. The zero-order chi connectivity index (χ0) is 13.7. The summed E-state index contributed by atoms with van der Waals surface area (Å²) in [5.41, 5.74) is 1.65. The highest BCUT2D eigenvalue weighted by Crippen LogP contribution is 2.24. The summed E-state index contributed by atoms with van der Waals surface area (Å²) in [6.45, 7) is 0.806. The number of hydrogen-bond donors (Lipinski definition) is 2. The van der Waals surface area contributed by atoms with Gasteiger partial charge in [-0.1, -0.05) is 24.3 Å². The van der Waals surface area contributed by atoms with Crippen molar-refractivity contribution in [3.05, 3.63) is 59.4 Å². The van der Waals surface area contributed by atoms with Crippen LogP contribution in [0.4, 0.5) is 4.39 Å². The normalized spacial score (nSPS) is 10.4. The first-order valence-electron chi connectivity index (χ1n) is 6.03. The van der Waals surface area contributed by atoms with E-state index in [-0.39, 0.29) is 23.9 Å². The summed E-state index contributed by atoms with van der Waals surface area (Å²) in [4.78, 5) is 0. The number of benzene rings is 2. The number of aromatic hydroxyl groups is 1. The van der Waals surface area contributed by atoms with Gasteiger partial charge in [-0.3, -0.25) is 0 Å². The number of phenols is 1. The molecule has 0 atom stereocenters. The Morgan fingerprint density at radius 2 is 1.89 bits per heavy atom. The SMILES string of the molecule is CNCc1cccc(F)c1OCc1ccc(O)cc1. The molecule has 19 heavy (non-hydrogen) atoms. The third-order valence-electron chi connectivity index (χ3n) is 2.74. The van der Waals surface area contributed by atoms with Crippen molar-refractivity contribution in [2.24, 2.45) is 0 Å². The Labute approximate surface area is 111 Å². The summed E-state index contributed by atoms with van der Waals surface area (Å²) in [6.07, 6.45) is 0. The van der Waals surface area contributed by atoms with Gasteiger partial charge in [-0.15, -0.1) is 0 Å². The smallest absolute Gasteiger partial charge is 0.165 e. The average molecular weight is 261 g/mol. The van der Waals surface area contributed by atoms with E-state index in [0.717, 1.165) is 11.1 Å². The largest absolute Gasteiger partial charge is 0.508 e. The molecule has 0 aliphatic rings. The second-order valence-corrected chi connectivity index (χ2v) is 4.21. The van der Waals surface area contributed by atoms with Crippen LogP contribution < -0.4 is 10.1 Å². The summed E-state index contributed by atoms with van der Waals surface area (Å²) < 4.78 is 19.3. The van der Waals surface area contributed by atoms with Crippen LogP contribution in [0.2, 0.25) is 0 Å². The summed E-state index contributed by atoms with van der Waals surface area (Å²) in [5, 5.41) is 12.2. The number of nitrogens with one attached hydrogen (secondary N) is 1. The molecule has 2 aromatic carbocycles. The Bertz CT molecular complexity index is 540. The number of ether oxygens (including phenoxy) is 1. The Morgan fingerprint density at radius 1 is 1.16 bits per heavy atom. The highest BCUT2D eigenvalue weighted by Gasteiger charge is 2.09. The average Bonchev–Trinajstić information content (AvgIpc) is 2.40. The molecule has 0 spiro atoms. The van der Waals surface area contributed by atoms with E-state index >= 15 is 0 Å². The van der Waals surface area contributed by atoms with Crippen molar-refractivity contribution in [1.82, 2.24) is 5.32 Å². The van der Waals surface area contributed by atoms with Crippen molar-refractivity contribution >= 4 is 0 Å². The van der Waals surface area contributed by atoms with Crippen LogP contribution in [0.1, 0.15) is 11.1 Å². The van der Waals surface area contributed by atoms with Gasteiger partial charge in [0.2, 0.25) is 0 Å². The fourth-order valence-electron chi connectivity index (χ4n) is 1.79. The van der Waals surface area contributed by atoms with Crippen molar-refractivity contribution in [2.45, 2.75) is 13.2 Å². The molecular weight excluding hydrogens is 245 g/mol. The molecule has 100 valence electrons. The maximum absolute atomic E-state index is 13.7. The van der Waals surface area contributed by atoms with Crippen molar-refractivity contribution in [3.8, 4) is 11.5 Å². The Kier molecular flexibility index (Phi) is 4.36. The van der Waals surface area contributed by atoms with Gasteiger partial charge < -0.3 is 15.2 Å². The lowest BCUT2D eigenvalue weighted by Crippen LogP contribution is -2.08. The highest BCUT2D eigenvalue weighted by molar-refractivity contribution is 5.35. The Hall–Kier alpha value is -2.07. The fourth-order valence-corrected chi connectivity index (χ4v) is 1.79. The van der Waals surface area contributed by atoms with Gasteiger partial charge in [0.1, 0.15) is 12.4 Å². The van der Waals surface area contributed by atoms with E-state index in [1.807, 2.05) is 6.07 Å². The number of rotatable bonds is 5. The Balaban J connectivity index is 2.12. The topological polar surface area (TPSA) is 41.5 Å². The van der Waals surface area contributed by atoms with Crippen LogP contribution in [-0.2, 0) is 13.2 Å². The minimum atomic E-state index is -0.369. The first-order chi connectivity index (χ1) is 9.20. The quantitative estimate of drug-likeness (QED) is 0.869. The monoisotopic (exact) mass is 261 g/mol. The molecule has 0 aromatic heterocycles. The maximum atomic E-state index is 13.7. The van der Waals surface area contributed by atoms with Crippen molar-refractivity contribution in [1.29, 1.82) is 0 Å². The zero-order valence-corrected chi connectivity index (χ0v) is 10.7. The molecule has 0 radical (unpaired) electrons. The minimum Gasteiger partial charge on any atom is -0.508 e. The van der Waals surface area contributed by atoms with Crippen molar-refractivity contribution < 1.29 is 14.2 Å². The molecular formula is C15H16FNO2. The van der Waals surface area contributed by atoms with E-state index in [1.165, 1.54) is 6.07 Å². The van der Waals surface area contributed by atoms with E-state index in [0.29, 0.717) is 6.54 Å². The molecule has 2 rings (SSSR count). The molecule has 0 aliphatic heterocycles. The summed E-state index contributed by atoms with van der Waals surface area (Å²) in [7, 11) is 1.80. The molecule has 4 heteroatoms. The van der Waals surface area contributed by atoms with Crippen molar-refractivity contribution in [3.63, 3.8) is 0 Å². The van der Waals surface area contributed by atoms with E-state index in [4.69, 9.17) is 4.74 Å². The number of phenolic OH excluding ortho intramolecular Hbond substituents is 1. The van der Waals surface area contributed by atoms with Crippen LogP contribution in [0.15, 0.2) is 42.5 Å². The van der Waals surface area contributed by atoms with E-state index < -0.39 is 0 Å². The van der Waals surface area contributed by atoms with Crippen molar-refractivity contribution in [2.75, 3.05) is 7.05 Å². The lowest BCUT2D eigenvalue weighted by Gasteiger charge is -2.12. The third-order valence-corrected chi connectivity index (χ3v) is 2.74. The lowest BCUT2D eigenvalue weighted by molar-refractivity contribution is 0.286. The van der Waals surface area contributed by atoms with Crippen LogP contribution in [0, 0.1) is 5.82 Å². The van der Waals surface area contributed by atoms with Crippen LogP contribution in [-0.4, -0.2) is 12.2 Å². The van der Waals surface area contributed by atoms with Crippen LogP contribution in [0.25, 0.3) is 0 Å². The summed E-state index contributed by atoms with van der Waals surface area (Å²) >= 11 is 0. The second kappa shape index (κ2) is 6.20. The predicted molar refractivity (Wildman–Crippen MR) is 71.6 cm³/mol. The van der Waals surface area contributed by atoms with Crippen LogP contribution in [0.5, 0.6) is 11.5 Å². The van der Waals surface area contributed by atoms with Gasteiger partial charge in [0.05, 0.1) is 0 Å². The summed E-state index contributed by atoms with van der Waals surface area (Å²) in [5.74, 6) is 0.0990. The predicted octanol–water partition coefficient (Wildman–Crippen LogP) is 2.83. The zero-order valence-electron chi connectivity index (χ0n) is 10.7. The molecule has 0 heterocycles. The number of para-hydroxylation sites is 1. The van der Waals surface area contributed by atoms with Gasteiger partial charge in [0.15, 0.2) is 11.6 Å². The molecule has 0 saturated carbocycles. The highest BCUT2D eigenvalue weighted by atomic mass is 19.1. The fraction of sp³-hybridized carbons (Fsp3) is 0.200. The van der Waals surface area contributed by atoms with Gasteiger partial charge in [0, 0.05) is 12.1 Å². The number of halogens is 1.